The van der Waals surface area contributed by atoms with Crippen LogP contribution in [0.3, 0.4) is 0 Å². The van der Waals surface area contributed by atoms with Gasteiger partial charge in [-0.15, -0.1) is 0 Å². The summed E-state index contributed by atoms with van der Waals surface area (Å²) in [5, 5.41) is 0.680. The molecule has 0 aliphatic rings. The van der Waals surface area contributed by atoms with Crippen molar-refractivity contribution in [3.05, 3.63) is 118 Å². The van der Waals surface area contributed by atoms with Crippen molar-refractivity contribution in [3.63, 3.8) is 0 Å². The molecule has 5 heteroatoms. The Morgan fingerprint density at radius 2 is 1.48 bits per heavy atom. The molecule has 0 spiro atoms. The minimum Gasteiger partial charge on any atom is -0.380 e. The van der Waals surface area contributed by atoms with E-state index in [1.165, 1.54) is 24.3 Å². The molecule has 0 amide bonds. The van der Waals surface area contributed by atoms with Crippen LogP contribution in [0.1, 0.15) is 27.8 Å². The van der Waals surface area contributed by atoms with Gasteiger partial charge >= 0.3 is 0 Å². The molecule has 0 unspecified atom stereocenters. The third-order valence-electron chi connectivity index (χ3n) is 5.39. The summed E-state index contributed by atoms with van der Waals surface area (Å²) in [5.41, 5.74) is 2.84. The summed E-state index contributed by atoms with van der Waals surface area (Å²) >= 11 is 0. The molecule has 0 aromatic heterocycles. The van der Waals surface area contributed by atoms with Crippen LogP contribution in [0.15, 0.2) is 66.7 Å². The number of aryl methyl sites for hydroxylation is 2. The minimum atomic E-state index is -0.908. The van der Waals surface area contributed by atoms with Gasteiger partial charge in [-0.05, 0) is 71.3 Å². The molecule has 166 valence electrons. The lowest BCUT2D eigenvalue weighted by Crippen LogP contribution is -1.98. The van der Waals surface area contributed by atoms with Crippen molar-refractivity contribution in [3.8, 4) is 11.8 Å². The number of benzene rings is 4. The third-order valence-corrected chi connectivity index (χ3v) is 5.39. The topological polar surface area (TPSA) is 9.23 Å². The molecule has 0 N–H and O–H groups in total. The summed E-state index contributed by atoms with van der Waals surface area (Å²) in [4.78, 5) is 0. The van der Waals surface area contributed by atoms with E-state index in [9.17, 15) is 17.6 Å². The predicted octanol–water partition coefficient (Wildman–Crippen LogP) is 6.73. The van der Waals surface area contributed by atoms with Gasteiger partial charge in [-0.2, -0.15) is 0 Å². The zero-order valence-electron chi connectivity index (χ0n) is 17.9. The highest BCUT2D eigenvalue weighted by atomic mass is 19.2. The average molecular weight is 448 g/mol. The first-order chi connectivity index (χ1) is 15.9. The first-order valence-electron chi connectivity index (χ1n) is 10.4. The van der Waals surface area contributed by atoms with Crippen LogP contribution in [0.25, 0.3) is 10.8 Å². The highest BCUT2D eigenvalue weighted by molar-refractivity contribution is 5.84. The number of ether oxygens (including phenoxy) is 1. The molecule has 0 heterocycles. The van der Waals surface area contributed by atoms with Crippen molar-refractivity contribution < 1.29 is 22.3 Å². The van der Waals surface area contributed by atoms with Crippen molar-refractivity contribution in [2.75, 3.05) is 7.11 Å². The van der Waals surface area contributed by atoms with Crippen LogP contribution in [0.5, 0.6) is 0 Å². The molecule has 4 aromatic rings. The Bertz CT molecular complexity index is 1380. The monoisotopic (exact) mass is 448 g/mol. The summed E-state index contributed by atoms with van der Waals surface area (Å²) in [6.07, 6.45) is 0.926. The van der Waals surface area contributed by atoms with Crippen LogP contribution >= 0.6 is 0 Å². The maximum absolute atomic E-state index is 14.6. The maximum atomic E-state index is 14.6. The molecule has 0 saturated carbocycles. The van der Waals surface area contributed by atoms with Crippen molar-refractivity contribution in [1.29, 1.82) is 0 Å². The molecule has 4 rings (SSSR count). The fourth-order valence-electron chi connectivity index (χ4n) is 3.63. The summed E-state index contributed by atoms with van der Waals surface area (Å²) in [7, 11) is 1.56. The Labute approximate surface area is 189 Å². The lowest BCUT2D eigenvalue weighted by atomic mass is 10.0. The Kier molecular flexibility index (Phi) is 6.76. The van der Waals surface area contributed by atoms with Crippen molar-refractivity contribution in [1.82, 2.24) is 0 Å². The van der Waals surface area contributed by atoms with Gasteiger partial charge in [0.05, 0.1) is 12.2 Å². The molecular weight excluding hydrogens is 428 g/mol. The third kappa shape index (κ3) is 5.24. The average Bonchev–Trinajstić information content (AvgIpc) is 2.80. The second-order valence-electron chi connectivity index (χ2n) is 7.72. The number of fused-ring (bicyclic) bond motifs is 1. The number of rotatable bonds is 5. The standard InChI is InChI=1S/C28H20F4O/c1-33-17-20-5-10-22(27(31)16-20)9-4-19-3-8-21(26(30)15-19)7-2-18-6-12-24-23(14-18)11-13-25(29)28(24)32/h3,5-6,8,10-16H,4,9,17H2,1H3. The van der Waals surface area contributed by atoms with Gasteiger partial charge in [0.25, 0.3) is 0 Å². The SMILES string of the molecule is COCc1ccc(CCc2ccc(C#Cc3ccc4c(F)c(F)ccc4c3)c(F)c2)c(F)c1. The molecule has 4 aromatic carbocycles. The predicted molar refractivity (Wildman–Crippen MR) is 121 cm³/mol. The normalized spacial score (nSPS) is 10.8. The van der Waals surface area contributed by atoms with Gasteiger partial charge < -0.3 is 4.74 Å². The van der Waals surface area contributed by atoms with E-state index in [1.807, 2.05) is 6.07 Å². The fourth-order valence-corrected chi connectivity index (χ4v) is 3.63. The number of hydrogen-bond acceptors (Lipinski definition) is 1. The van der Waals surface area contributed by atoms with Gasteiger partial charge in [0.1, 0.15) is 11.6 Å². The van der Waals surface area contributed by atoms with E-state index in [0.717, 1.165) is 17.2 Å². The number of methoxy groups -OCH3 is 1. The zero-order valence-corrected chi connectivity index (χ0v) is 17.9. The zero-order chi connectivity index (χ0) is 23.4. The highest BCUT2D eigenvalue weighted by Crippen LogP contribution is 2.22. The Balaban J connectivity index is 1.47. The molecule has 0 fully saturated rings. The lowest BCUT2D eigenvalue weighted by Gasteiger charge is -2.07. The molecule has 1 nitrogen and oxygen atoms in total. The van der Waals surface area contributed by atoms with Gasteiger partial charge in [0, 0.05) is 18.1 Å². The fraction of sp³-hybridized carbons (Fsp3) is 0.143. The highest BCUT2D eigenvalue weighted by Gasteiger charge is 2.08. The van der Waals surface area contributed by atoms with Crippen molar-refractivity contribution >= 4 is 10.8 Å². The largest absolute Gasteiger partial charge is 0.380 e. The molecule has 0 radical (unpaired) electrons. The summed E-state index contributed by atoms with van der Waals surface area (Å²) in [6.45, 7) is 0.347. The van der Waals surface area contributed by atoms with Crippen molar-refractivity contribution in [2.45, 2.75) is 19.4 Å². The summed E-state index contributed by atoms with van der Waals surface area (Å²) in [5.74, 6) is 3.07. The number of halogens is 4. The molecule has 0 atom stereocenters. The maximum Gasteiger partial charge on any atom is 0.166 e. The van der Waals surface area contributed by atoms with E-state index in [0.29, 0.717) is 36.0 Å². The van der Waals surface area contributed by atoms with Gasteiger partial charge in [0.15, 0.2) is 11.6 Å². The van der Waals surface area contributed by atoms with Crippen LogP contribution in [-0.4, -0.2) is 7.11 Å². The Morgan fingerprint density at radius 1 is 0.697 bits per heavy atom. The van der Waals surface area contributed by atoms with Gasteiger partial charge in [-0.25, -0.2) is 17.6 Å². The van der Waals surface area contributed by atoms with E-state index in [-0.39, 0.29) is 16.8 Å². The quantitative estimate of drug-likeness (QED) is 0.243. The Hall–Kier alpha value is -3.62. The lowest BCUT2D eigenvalue weighted by molar-refractivity contribution is 0.184. The van der Waals surface area contributed by atoms with Gasteiger partial charge in [0.2, 0.25) is 0 Å². The second-order valence-corrected chi connectivity index (χ2v) is 7.72. The molecule has 0 saturated heterocycles. The van der Waals surface area contributed by atoms with E-state index in [2.05, 4.69) is 11.8 Å². The molecule has 0 aliphatic carbocycles. The first kappa shape index (κ1) is 22.6. The summed E-state index contributed by atoms with van der Waals surface area (Å²) < 4.78 is 61.0. The second kappa shape index (κ2) is 9.89. The van der Waals surface area contributed by atoms with Crippen LogP contribution in [0.2, 0.25) is 0 Å². The van der Waals surface area contributed by atoms with Crippen molar-refractivity contribution in [2.24, 2.45) is 0 Å². The van der Waals surface area contributed by atoms with Gasteiger partial charge in [-0.1, -0.05) is 42.2 Å². The minimum absolute atomic E-state index is 0.167. The first-order valence-corrected chi connectivity index (χ1v) is 10.4. The molecule has 0 aliphatic heterocycles. The van der Waals surface area contributed by atoms with Crippen LogP contribution < -0.4 is 0 Å². The van der Waals surface area contributed by atoms with E-state index < -0.39 is 17.5 Å². The summed E-state index contributed by atoms with van der Waals surface area (Å²) in [6, 6.07) is 16.9. The Morgan fingerprint density at radius 3 is 2.24 bits per heavy atom. The van der Waals surface area contributed by atoms with E-state index in [1.54, 1.807) is 37.4 Å². The molecule has 0 bridgehead atoms. The van der Waals surface area contributed by atoms with E-state index >= 15 is 0 Å². The molecule has 33 heavy (non-hydrogen) atoms. The molecular formula is C28H20F4O. The van der Waals surface area contributed by atoms with Crippen LogP contribution in [0, 0.1) is 35.1 Å². The van der Waals surface area contributed by atoms with Crippen LogP contribution in [-0.2, 0) is 24.2 Å². The smallest absolute Gasteiger partial charge is 0.166 e. The van der Waals surface area contributed by atoms with E-state index in [4.69, 9.17) is 4.74 Å². The number of hydrogen-bond donors (Lipinski definition) is 0. The van der Waals surface area contributed by atoms with Gasteiger partial charge in [-0.3, -0.25) is 0 Å². The van der Waals surface area contributed by atoms with Crippen LogP contribution in [0.4, 0.5) is 17.6 Å².